The number of aromatic nitrogens is 2. The van der Waals surface area contributed by atoms with Crippen molar-refractivity contribution >= 4 is 28.4 Å². The number of methoxy groups -OCH3 is 1. The van der Waals surface area contributed by atoms with Crippen molar-refractivity contribution in [2.45, 2.75) is 30.2 Å². The van der Waals surface area contributed by atoms with Crippen LogP contribution in [0.15, 0.2) is 40.1 Å². The number of ether oxygens (including phenoxy) is 1. The zero-order valence-corrected chi connectivity index (χ0v) is 16.3. The van der Waals surface area contributed by atoms with Gasteiger partial charge in [-0.3, -0.25) is 4.68 Å². The molecule has 0 unspecified atom stereocenters. The molecule has 0 saturated carbocycles. The molecule has 1 aliphatic heterocycles. The molecule has 6 heteroatoms. The summed E-state index contributed by atoms with van der Waals surface area (Å²) >= 11 is 1.71. The average Bonchev–Trinajstić information content (AvgIpc) is 3.04. The van der Waals surface area contributed by atoms with E-state index in [1.54, 1.807) is 18.9 Å². The highest BCUT2D eigenvalue weighted by molar-refractivity contribution is 8.00. The second-order valence-electron chi connectivity index (χ2n) is 6.41. The summed E-state index contributed by atoms with van der Waals surface area (Å²) in [6.07, 6.45) is 0. The molecule has 26 heavy (non-hydrogen) atoms. The lowest BCUT2D eigenvalue weighted by molar-refractivity contribution is 0.287. The van der Waals surface area contributed by atoms with E-state index in [2.05, 4.69) is 35.6 Å². The van der Waals surface area contributed by atoms with E-state index in [1.807, 2.05) is 18.2 Å². The zero-order chi connectivity index (χ0) is 18.3. The molecule has 2 heterocycles. The number of nitrogen functional groups attached to an aromatic ring is 1. The van der Waals surface area contributed by atoms with Gasteiger partial charge in [0.25, 0.3) is 0 Å². The van der Waals surface area contributed by atoms with Crippen molar-refractivity contribution in [1.29, 1.82) is 0 Å². The van der Waals surface area contributed by atoms with E-state index in [0.717, 1.165) is 69.6 Å². The highest BCUT2D eigenvalue weighted by Gasteiger charge is 2.28. The highest BCUT2D eigenvalue weighted by Crippen LogP contribution is 2.52. The van der Waals surface area contributed by atoms with Crippen LogP contribution in [-0.4, -0.2) is 41.4 Å². The summed E-state index contributed by atoms with van der Waals surface area (Å²) in [6.45, 7) is 8.33. The van der Waals surface area contributed by atoms with Crippen molar-refractivity contribution < 1.29 is 4.74 Å². The molecule has 0 amide bonds. The van der Waals surface area contributed by atoms with Crippen molar-refractivity contribution in [3.05, 3.63) is 30.3 Å². The van der Waals surface area contributed by atoms with Crippen LogP contribution in [0, 0.1) is 0 Å². The summed E-state index contributed by atoms with van der Waals surface area (Å²) in [7, 11) is 1.71. The first-order valence-electron chi connectivity index (χ1n) is 9.04. The molecule has 4 rings (SSSR count). The van der Waals surface area contributed by atoms with Crippen LogP contribution >= 0.6 is 11.8 Å². The van der Waals surface area contributed by atoms with Crippen LogP contribution in [0.5, 0.6) is 5.75 Å². The molecule has 5 nitrogen and oxygen atoms in total. The first-order chi connectivity index (χ1) is 12.7. The molecule has 0 fully saturated rings. The van der Waals surface area contributed by atoms with Gasteiger partial charge in [0.1, 0.15) is 11.4 Å². The summed E-state index contributed by atoms with van der Waals surface area (Å²) in [6, 6.07) is 10.2. The Labute approximate surface area is 158 Å². The normalized spacial score (nSPS) is 12.6. The van der Waals surface area contributed by atoms with Crippen molar-refractivity contribution in [3.8, 4) is 17.0 Å². The fourth-order valence-electron chi connectivity index (χ4n) is 3.60. The molecular formula is C20H24N4OS. The van der Waals surface area contributed by atoms with E-state index in [-0.39, 0.29) is 0 Å². The number of fused-ring (bicyclic) bond motifs is 2. The van der Waals surface area contributed by atoms with E-state index in [0.29, 0.717) is 0 Å². The maximum Gasteiger partial charge on any atom is 0.129 e. The van der Waals surface area contributed by atoms with Crippen LogP contribution in [0.25, 0.3) is 22.2 Å². The first kappa shape index (κ1) is 17.2. The van der Waals surface area contributed by atoms with Crippen LogP contribution < -0.4 is 10.5 Å². The van der Waals surface area contributed by atoms with Crippen molar-refractivity contribution in [3.63, 3.8) is 0 Å². The Morgan fingerprint density at radius 3 is 2.73 bits per heavy atom. The predicted octanol–water partition coefficient (Wildman–Crippen LogP) is 4.10. The number of hydrogen-bond donors (Lipinski definition) is 1. The fourth-order valence-corrected chi connectivity index (χ4v) is 4.75. The van der Waals surface area contributed by atoms with Gasteiger partial charge in [-0.15, -0.1) is 0 Å². The minimum atomic E-state index is 0.806. The van der Waals surface area contributed by atoms with Gasteiger partial charge in [-0.25, -0.2) is 0 Å². The third kappa shape index (κ3) is 2.64. The topological polar surface area (TPSA) is 56.3 Å². The second kappa shape index (κ2) is 6.85. The van der Waals surface area contributed by atoms with Gasteiger partial charge in [0.05, 0.1) is 24.7 Å². The molecule has 0 radical (unpaired) electrons. The minimum absolute atomic E-state index is 0.806. The summed E-state index contributed by atoms with van der Waals surface area (Å²) in [4.78, 5) is 4.66. The molecular weight excluding hydrogens is 344 g/mol. The van der Waals surface area contributed by atoms with Gasteiger partial charge in [-0.05, 0) is 37.4 Å². The van der Waals surface area contributed by atoms with Gasteiger partial charge < -0.3 is 15.4 Å². The summed E-state index contributed by atoms with van der Waals surface area (Å²) in [5.74, 6) is 0.860. The molecule has 0 spiro atoms. The quantitative estimate of drug-likeness (QED) is 0.519. The summed E-state index contributed by atoms with van der Waals surface area (Å²) in [5.41, 5.74) is 10.3. The number of likely N-dealkylation sites (N-methyl/N-ethyl adjacent to an activating group) is 1. The smallest absolute Gasteiger partial charge is 0.129 e. The lowest BCUT2D eigenvalue weighted by Gasteiger charge is -2.18. The molecule has 2 N–H and O–H groups in total. The molecule has 2 aromatic carbocycles. The van der Waals surface area contributed by atoms with Crippen molar-refractivity contribution in [2.24, 2.45) is 0 Å². The average molecular weight is 369 g/mol. The molecule has 1 aromatic heterocycles. The van der Waals surface area contributed by atoms with Crippen LogP contribution in [0.3, 0.4) is 0 Å². The van der Waals surface area contributed by atoms with Crippen molar-refractivity contribution in [2.75, 3.05) is 32.5 Å². The largest absolute Gasteiger partial charge is 0.496 e. The monoisotopic (exact) mass is 368 g/mol. The summed E-state index contributed by atoms with van der Waals surface area (Å²) in [5, 5.41) is 6.14. The molecule has 0 aliphatic carbocycles. The Kier molecular flexibility index (Phi) is 4.54. The number of nitrogens with zero attached hydrogens (tertiary/aromatic N) is 3. The molecule has 136 valence electrons. The maximum atomic E-state index is 6.30. The third-order valence-corrected chi connectivity index (χ3v) is 6.29. The van der Waals surface area contributed by atoms with Crippen molar-refractivity contribution in [1.82, 2.24) is 14.7 Å². The van der Waals surface area contributed by atoms with Gasteiger partial charge in [0, 0.05) is 27.4 Å². The maximum absolute atomic E-state index is 6.30. The Morgan fingerprint density at radius 2 is 2.00 bits per heavy atom. The molecule has 3 aromatic rings. The number of nitrogens with two attached hydrogens (primary N) is 1. The van der Waals surface area contributed by atoms with E-state index < -0.39 is 0 Å². The van der Waals surface area contributed by atoms with Gasteiger partial charge in [0.2, 0.25) is 0 Å². The van der Waals surface area contributed by atoms with Gasteiger partial charge in [0.15, 0.2) is 0 Å². The SMILES string of the molecule is CCN(CC)CCn1nc2c3c(c(N)ccc31)Sc1cccc(OC)c1-2. The number of benzene rings is 2. The number of rotatable bonds is 6. The fraction of sp³-hybridized carbons (Fsp3) is 0.350. The van der Waals surface area contributed by atoms with E-state index in [4.69, 9.17) is 15.6 Å². The highest BCUT2D eigenvalue weighted by atomic mass is 32.2. The zero-order valence-electron chi connectivity index (χ0n) is 15.5. The molecule has 0 saturated heterocycles. The lowest BCUT2D eigenvalue weighted by atomic mass is 10.1. The van der Waals surface area contributed by atoms with Crippen LogP contribution in [0.4, 0.5) is 5.69 Å². The van der Waals surface area contributed by atoms with Crippen LogP contribution in [0.1, 0.15) is 13.8 Å². The van der Waals surface area contributed by atoms with E-state index >= 15 is 0 Å². The van der Waals surface area contributed by atoms with Crippen LogP contribution in [-0.2, 0) is 6.54 Å². The Morgan fingerprint density at radius 1 is 1.19 bits per heavy atom. The number of hydrogen-bond acceptors (Lipinski definition) is 5. The van der Waals surface area contributed by atoms with Gasteiger partial charge >= 0.3 is 0 Å². The van der Waals surface area contributed by atoms with Crippen LogP contribution in [0.2, 0.25) is 0 Å². The Bertz CT molecular complexity index is 962. The molecule has 0 atom stereocenters. The Hall–Kier alpha value is -2.18. The Balaban J connectivity index is 1.88. The first-order valence-corrected chi connectivity index (χ1v) is 9.86. The van der Waals surface area contributed by atoms with E-state index in [9.17, 15) is 0 Å². The van der Waals surface area contributed by atoms with E-state index in [1.165, 1.54) is 0 Å². The number of anilines is 1. The van der Waals surface area contributed by atoms with Gasteiger partial charge in [-0.2, -0.15) is 5.10 Å². The predicted molar refractivity (Wildman–Crippen MR) is 108 cm³/mol. The minimum Gasteiger partial charge on any atom is -0.496 e. The molecule has 1 aliphatic rings. The second-order valence-corrected chi connectivity index (χ2v) is 7.46. The lowest BCUT2D eigenvalue weighted by Crippen LogP contribution is -2.27. The third-order valence-electron chi connectivity index (χ3n) is 5.08. The standard InChI is InChI=1S/C20H24N4OS/c1-4-23(5-2)11-12-24-14-10-9-13(21)20-17(14)19(22-24)18-15(25-3)7-6-8-16(18)26-20/h6-10H,4-5,11-12,21H2,1-3H3. The summed E-state index contributed by atoms with van der Waals surface area (Å²) < 4.78 is 7.75. The molecule has 0 bridgehead atoms. The van der Waals surface area contributed by atoms with Gasteiger partial charge in [-0.1, -0.05) is 31.7 Å².